The van der Waals surface area contributed by atoms with Crippen molar-refractivity contribution in [2.75, 3.05) is 0 Å². The van der Waals surface area contributed by atoms with Crippen molar-refractivity contribution in [3.05, 3.63) is 12.2 Å². The molecule has 0 saturated heterocycles. The van der Waals surface area contributed by atoms with E-state index >= 15 is 0 Å². The van der Waals surface area contributed by atoms with Crippen LogP contribution in [0.25, 0.3) is 0 Å². The predicted octanol–water partition coefficient (Wildman–Crippen LogP) is 4.01. The number of rotatable bonds is 9. The van der Waals surface area contributed by atoms with Gasteiger partial charge in [-0.25, -0.2) is 0 Å². The zero-order valence-corrected chi connectivity index (χ0v) is 10.0. The monoisotopic (exact) mass is 212 g/mol. The van der Waals surface area contributed by atoms with Gasteiger partial charge in [0.1, 0.15) is 0 Å². The zero-order chi connectivity index (χ0) is 11.5. The van der Waals surface area contributed by atoms with Crippen LogP contribution in [0.4, 0.5) is 0 Å². The summed E-state index contributed by atoms with van der Waals surface area (Å²) in [5.41, 5.74) is 0. The molecule has 2 nitrogen and oxygen atoms in total. The van der Waals surface area contributed by atoms with Gasteiger partial charge in [0.25, 0.3) is 0 Å². The molecule has 0 fully saturated rings. The van der Waals surface area contributed by atoms with Crippen molar-refractivity contribution in [3.8, 4) is 0 Å². The third-order valence-corrected chi connectivity index (χ3v) is 2.61. The van der Waals surface area contributed by atoms with Crippen molar-refractivity contribution in [1.82, 2.24) is 0 Å². The summed E-state index contributed by atoms with van der Waals surface area (Å²) in [5.74, 6) is -0.0186. The Morgan fingerprint density at radius 2 is 1.93 bits per heavy atom. The van der Waals surface area contributed by atoms with Crippen molar-refractivity contribution in [1.29, 1.82) is 0 Å². The molecule has 1 unspecified atom stereocenters. The van der Waals surface area contributed by atoms with E-state index in [0.29, 0.717) is 12.3 Å². The standard InChI is InChI=1S/C13H24O2/c1-3-5-9-12(8-4-2)10-6-7-11-13(14)15/h4,8,12H,3,5-7,9-11H2,1-2H3,(H,14,15)/b8-4+. The molecule has 0 aromatic rings. The second-order valence-electron chi connectivity index (χ2n) is 4.07. The van der Waals surface area contributed by atoms with Crippen molar-refractivity contribution >= 4 is 5.97 Å². The maximum Gasteiger partial charge on any atom is 0.303 e. The summed E-state index contributed by atoms with van der Waals surface area (Å²) in [5, 5.41) is 8.51. The Hall–Kier alpha value is -0.790. The summed E-state index contributed by atoms with van der Waals surface area (Å²) in [6.07, 6.45) is 11.4. The molecule has 1 N–H and O–H groups in total. The molecule has 0 heterocycles. The van der Waals surface area contributed by atoms with E-state index in [1.165, 1.54) is 19.3 Å². The van der Waals surface area contributed by atoms with Gasteiger partial charge in [-0.15, -0.1) is 0 Å². The first-order valence-electron chi connectivity index (χ1n) is 6.05. The van der Waals surface area contributed by atoms with E-state index in [2.05, 4.69) is 26.0 Å². The van der Waals surface area contributed by atoms with E-state index in [1.54, 1.807) is 0 Å². The minimum atomic E-state index is -0.675. The average Bonchev–Trinajstić information content (AvgIpc) is 2.20. The van der Waals surface area contributed by atoms with E-state index in [-0.39, 0.29) is 0 Å². The summed E-state index contributed by atoms with van der Waals surface area (Å²) >= 11 is 0. The van der Waals surface area contributed by atoms with Crippen LogP contribution in [0, 0.1) is 5.92 Å². The van der Waals surface area contributed by atoms with Gasteiger partial charge in [-0.3, -0.25) is 4.79 Å². The van der Waals surface area contributed by atoms with Crippen LogP contribution >= 0.6 is 0 Å². The van der Waals surface area contributed by atoms with Gasteiger partial charge in [-0.1, -0.05) is 38.3 Å². The van der Waals surface area contributed by atoms with Crippen molar-refractivity contribution in [2.24, 2.45) is 5.92 Å². The Balaban J connectivity index is 3.61. The lowest BCUT2D eigenvalue weighted by Crippen LogP contribution is -1.99. The number of carbonyl (C=O) groups is 1. The molecular formula is C13H24O2. The van der Waals surface area contributed by atoms with Gasteiger partial charge in [-0.05, 0) is 32.1 Å². The fourth-order valence-electron chi connectivity index (χ4n) is 1.76. The van der Waals surface area contributed by atoms with Crippen molar-refractivity contribution < 1.29 is 9.90 Å². The van der Waals surface area contributed by atoms with E-state index < -0.39 is 5.97 Å². The molecule has 0 aromatic heterocycles. The van der Waals surface area contributed by atoms with Gasteiger partial charge in [0.2, 0.25) is 0 Å². The molecule has 0 amide bonds. The first-order chi connectivity index (χ1) is 7.20. The lowest BCUT2D eigenvalue weighted by Gasteiger charge is -2.11. The smallest absolute Gasteiger partial charge is 0.303 e. The summed E-state index contributed by atoms with van der Waals surface area (Å²) in [4.78, 5) is 10.3. The van der Waals surface area contributed by atoms with Crippen molar-refractivity contribution in [2.45, 2.75) is 58.8 Å². The van der Waals surface area contributed by atoms with Crippen LogP contribution in [0.2, 0.25) is 0 Å². The first-order valence-corrected chi connectivity index (χ1v) is 6.05. The lowest BCUT2D eigenvalue weighted by atomic mass is 9.95. The molecule has 0 aromatic carbocycles. The SMILES string of the molecule is C/C=C/C(CCCC)CCCCC(=O)O. The highest BCUT2D eigenvalue weighted by molar-refractivity contribution is 5.66. The molecule has 0 saturated carbocycles. The van der Waals surface area contributed by atoms with Gasteiger partial charge in [0.05, 0.1) is 0 Å². The van der Waals surface area contributed by atoms with Crippen LogP contribution in [0.15, 0.2) is 12.2 Å². The molecule has 0 bridgehead atoms. The van der Waals surface area contributed by atoms with E-state index in [9.17, 15) is 4.79 Å². The Kier molecular flexibility index (Phi) is 9.24. The van der Waals surface area contributed by atoms with Crippen LogP contribution in [-0.4, -0.2) is 11.1 Å². The summed E-state index contributed by atoms with van der Waals surface area (Å²) in [6, 6.07) is 0. The third-order valence-electron chi connectivity index (χ3n) is 2.61. The maximum atomic E-state index is 10.3. The second-order valence-corrected chi connectivity index (χ2v) is 4.07. The van der Waals surface area contributed by atoms with Crippen molar-refractivity contribution in [3.63, 3.8) is 0 Å². The summed E-state index contributed by atoms with van der Waals surface area (Å²) < 4.78 is 0. The number of allylic oxidation sites excluding steroid dienone is 2. The fourth-order valence-corrected chi connectivity index (χ4v) is 1.76. The van der Waals surface area contributed by atoms with E-state index in [0.717, 1.165) is 19.3 Å². The number of carboxylic acids is 1. The summed E-state index contributed by atoms with van der Waals surface area (Å²) in [7, 11) is 0. The van der Waals surface area contributed by atoms with E-state index in [1.807, 2.05) is 0 Å². The number of carboxylic acid groups (broad SMARTS) is 1. The number of hydrogen-bond donors (Lipinski definition) is 1. The number of aliphatic carboxylic acids is 1. The quantitative estimate of drug-likeness (QED) is 0.463. The fraction of sp³-hybridized carbons (Fsp3) is 0.769. The normalized spacial score (nSPS) is 13.2. The molecule has 0 radical (unpaired) electrons. The van der Waals surface area contributed by atoms with Gasteiger partial charge >= 0.3 is 5.97 Å². The molecule has 0 aliphatic heterocycles. The van der Waals surface area contributed by atoms with Crippen LogP contribution < -0.4 is 0 Å². The Bertz CT molecular complexity index is 185. The highest BCUT2D eigenvalue weighted by atomic mass is 16.4. The predicted molar refractivity (Wildman–Crippen MR) is 63.9 cm³/mol. The van der Waals surface area contributed by atoms with Gasteiger partial charge in [0, 0.05) is 6.42 Å². The molecule has 0 aliphatic carbocycles. The highest BCUT2D eigenvalue weighted by Gasteiger charge is 2.04. The van der Waals surface area contributed by atoms with Crippen LogP contribution in [0.3, 0.4) is 0 Å². The highest BCUT2D eigenvalue weighted by Crippen LogP contribution is 2.18. The minimum absolute atomic E-state index is 0.316. The largest absolute Gasteiger partial charge is 0.481 e. The maximum absolute atomic E-state index is 10.3. The molecule has 88 valence electrons. The van der Waals surface area contributed by atoms with Crippen LogP contribution in [0.5, 0.6) is 0 Å². The molecule has 0 spiro atoms. The number of unbranched alkanes of at least 4 members (excludes halogenated alkanes) is 2. The summed E-state index contributed by atoms with van der Waals surface area (Å²) in [6.45, 7) is 4.26. The molecule has 0 aliphatic rings. The molecule has 2 heteroatoms. The zero-order valence-electron chi connectivity index (χ0n) is 10.0. The topological polar surface area (TPSA) is 37.3 Å². The number of hydrogen-bond acceptors (Lipinski definition) is 1. The lowest BCUT2D eigenvalue weighted by molar-refractivity contribution is -0.137. The third kappa shape index (κ3) is 9.51. The second kappa shape index (κ2) is 9.75. The van der Waals surface area contributed by atoms with Crippen LogP contribution in [0.1, 0.15) is 58.8 Å². The minimum Gasteiger partial charge on any atom is -0.481 e. The van der Waals surface area contributed by atoms with Crippen LogP contribution in [-0.2, 0) is 4.79 Å². The molecule has 0 rings (SSSR count). The van der Waals surface area contributed by atoms with Gasteiger partial charge in [0.15, 0.2) is 0 Å². The Labute approximate surface area is 93.4 Å². The first kappa shape index (κ1) is 14.2. The van der Waals surface area contributed by atoms with Gasteiger partial charge in [-0.2, -0.15) is 0 Å². The van der Waals surface area contributed by atoms with E-state index in [4.69, 9.17) is 5.11 Å². The molecule has 1 atom stereocenters. The molecular weight excluding hydrogens is 188 g/mol. The Morgan fingerprint density at radius 1 is 1.27 bits per heavy atom. The molecule has 15 heavy (non-hydrogen) atoms. The average molecular weight is 212 g/mol. The Morgan fingerprint density at radius 3 is 2.47 bits per heavy atom. The van der Waals surface area contributed by atoms with Gasteiger partial charge < -0.3 is 5.11 Å².